The van der Waals surface area contributed by atoms with Crippen LogP contribution in [0.4, 0.5) is 0 Å². The fourth-order valence-corrected chi connectivity index (χ4v) is 3.14. The van der Waals surface area contributed by atoms with Crippen molar-refractivity contribution < 1.29 is 38.9 Å². The van der Waals surface area contributed by atoms with Gasteiger partial charge in [0, 0.05) is 0 Å². The summed E-state index contributed by atoms with van der Waals surface area (Å²) in [5.41, 5.74) is 0.277. The molecule has 2 N–H and O–H groups in total. The van der Waals surface area contributed by atoms with Crippen molar-refractivity contribution in [3.05, 3.63) is 69.8 Å². The first-order chi connectivity index (χ1) is 14.3. The summed E-state index contributed by atoms with van der Waals surface area (Å²) in [6.45, 7) is 3.53. The van der Waals surface area contributed by atoms with E-state index in [-0.39, 0.29) is 48.3 Å². The van der Waals surface area contributed by atoms with Crippen LogP contribution in [0, 0.1) is 0 Å². The average Bonchev–Trinajstić information content (AvgIpc) is 2.71. The number of carbonyl (C=O) groups excluding carboxylic acids is 2. The van der Waals surface area contributed by atoms with Crippen LogP contribution in [0.25, 0.3) is 0 Å². The minimum absolute atomic E-state index is 0.0593. The number of carboxylic acid groups (broad SMARTS) is 2. The fourth-order valence-electron chi connectivity index (χ4n) is 3.14. The van der Waals surface area contributed by atoms with Crippen LogP contribution in [0.1, 0.15) is 66.4 Å². The molecule has 0 fully saturated rings. The average molecular weight is 414 g/mol. The van der Waals surface area contributed by atoms with Crippen LogP contribution >= 0.6 is 0 Å². The lowest BCUT2D eigenvalue weighted by Gasteiger charge is -2.14. The molecule has 0 amide bonds. The zero-order valence-electron chi connectivity index (χ0n) is 16.6. The van der Waals surface area contributed by atoms with Crippen LogP contribution in [0.5, 0.6) is 0 Å². The van der Waals surface area contributed by atoms with Gasteiger partial charge in [0.25, 0.3) is 0 Å². The molecule has 8 heteroatoms. The number of hydrogen-bond acceptors (Lipinski definition) is 6. The van der Waals surface area contributed by atoms with Gasteiger partial charge in [0.15, 0.2) is 0 Å². The van der Waals surface area contributed by atoms with Gasteiger partial charge in [0.1, 0.15) is 0 Å². The van der Waals surface area contributed by atoms with Crippen molar-refractivity contribution in [2.75, 3.05) is 13.2 Å². The Hall–Kier alpha value is -3.68. The molecule has 0 radical (unpaired) electrons. The van der Waals surface area contributed by atoms with E-state index in [1.807, 2.05) is 0 Å². The number of ether oxygens (including phenoxy) is 2. The molecule has 0 atom stereocenters. The third-order valence-electron chi connectivity index (χ3n) is 4.38. The minimum Gasteiger partial charge on any atom is -0.478 e. The van der Waals surface area contributed by atoms with E-state index in [0.29, 0.717) is 11.1 Å². The van der Waals surface area contributed by atoms with Gasteiger partial charge in [-0.2, -0.15) is 0 Å². The number of aryl methyl sites for hydroxylation is 2. The monoisotopic (exact) mass is 414 g/mol. The zero-order valence-corrected chi connectivity index (χ0v) is 16.6. The normalized spacial score (nSPS) is 10.3. The largest absolute Gasteiger partial charge is 0.478 e. The fraction of sp³-hybridized carbons (Fsp3) is 0.273. The van der Waals surface area contributed by atoms with Crippen molar-refractivity contribution in [3.8, 4) is 0 Å². The molecular weight excluding hydrogens is 392 g/mol. The molecule has 0 aliphatic rings. The van der Waals surface area contributed by atoms with E-state index in [4.69, 9.17) is 9.47 Å². The summed E-state index contributed by atoms with van der Waals surface area (Å²) in [6.07, 6.45) is 0.326. The molecule has 158 valence electrons. The van der Waals surface area contributed by atoms with E-state index >= 15 is 0 Å². The summed E-state index contributed by atoms with van der Waals surface area (Å²) in [5.74, 6) is -4.05. The van der Waals surface area contributed by atoms with Gasteiger partial charge < -0.3 is 19.7 Å². The van der Waals surface area contributed by atoms with Crippen molar-refractivity contribution in [2.24, 2.45) is 0 Å². The Bertz CT molecular complexity index is 977. The Morgan fingerprint density at radius 3 is 1.70 bits per heavy atom. The van der Waals surface area contributed by atoms with Gasteiger partial charge >= 0.3 is 23.9 Å². The van der Waals surface area contributed by atoms with E-state index in [0.717, 1.165) is 0 Å². The highest BCUT2D eigenvalue weighted by Crippen LogP contribution is 2.22. The second kappa shape index (κ2) is 10.2. The molecule has 2 aromatic rings. The van der Waals surface area contributed by atoms with Crippen LogP contribution in [-0.4, -0.2) is 47.3 Å². The Morgan fingerprint density at radius 1 is 0.700 bits per heavy atom. The van der Waals surface area contributed by atoms with Gasteiger partial charge in [0.05, 0.1) is 35.5 Å². The molecule has 0 saturated heterocycles. The highest BCUT2D eigenvalue weighted by atomic mass is 16.5. The second-order valence-electron chi connectivity index (χ2n) is 6.23. The van der Waals surface area contributed by atoms with E-state index < -0.39 is 23.9 Å². The summed E-state index contributed by atoms with van der Waals surface area (Å²) >= 11 is 0. The van der Waals surface area contributed by atoms with Crippen LogP contribution in [0.3, 0.4) is 0 Å². The molecule has 8 nitrogen and oxygen atoms in total. The quantitative estimate of drug-likeness (QED) is 0.599. The highest BCUT2D eigenvalue weighted by Gasteiger charge is 2.24. The molecule has 0 aliphatic carbocycles. The third kappa shape index (κ3) is 5.02. The first-order valence-electron chi connectivity index (χ1n) is 9.36. The van der Waals surface area contributed by atoms with Gasteiger partial charge in [-0.1, -0.05) is 24.3 Å². The number of aromatic carboxylic acids is 2. The van der Waals surface area contributed by atoms with Gasteiger partial charge in [-0.3, -0.25) is 0 Å². The lowest BCUT2D eigenvalue weighted by molar-refractivity contribution is 0.0478. The highest BCUT2D eigenvalue weighted by molar-refractivity contribution is 6.04. The van der Waals surface area contributed by atoms with E-state index in [1.165, 1.54) is 24.3 Å². The van der Waals surface area contributed by atoms with E-state index in [9.17, 15) is 29.4 Å². The number of carbonyl (C=O) groups is 4. The Kier molecular flexibility index (Phi) is 7.69. The SMILES string of the molecule is CCOC(=O)c1cccc(CCc2cccc(C(=O)O)c2C(=O)O)c1C(=O)OCC. The molecule has 0 aliphatic heterocycles. The number of carboxylic acids is 2. The lowest BCUT2D eigenvalue weighted by Crippen LogP contribution is -2.17. The first-order valence-corrected chi connectivity index (χ1v) is 9.36. The third-order valence-corrected chi connectivity index (χ3v) is 4.38. The predicted octanol–water partition coefficient (Wildman–Crippen LogP) is 3.22. The Balaban J connectivity index is 2.47. The number of rotatable bonds is 9. The molecule has 0 spiro atoms. The molecule has 0 saturated carbocycles. The smallest absolute Gasteiger partial charge is 0.339 e. The second-order valence-corrected chi connectivity index (χ2v) is 6.23. The summed E-state index contributed by atoms with van der Waals surface area (Å²) in [4.78, 5) is 47.8. The topological polar surface area (TPSA) is 127 Å². The summed E-state index contributed by atoms with van der Waals surface area (Å²) in [6, 6.07) is 8.90. The number of esters is 2. The standard InChI is InChI=1S/C22H22O8/c1-3-29-21(27)16-10-6-8-14(18(16)22(28)30-4-2)12-11-13-7-5-9-15(19(23)24)17(13)20(25)26/h5-10H,3-4,11-12H2,1-2H3,(H,23,24)(H,25,26). The number of benzene rings is 2. The molecule has 2 aromatic carbocycles. The van der Waals surface area contributed by atoms with Crippen molar-refractivity contribution >= 4 is 23.9 Å². The summed E-state index contributed by atoms with van der Waals surface area (Å²) in [5, 5.41) is 18.8. The molecule has 0 bridgehead atoms. The maximum Gasteiger partial charge on any atom is 0.339 e. The van der Waals surface area contributed by atoms with E-state index in [2.05, 4.69) is 0 Å². The molecular formula is C22H22O8. The Morgan fingerprint density at radius 2 is 1.20 bits per heavy atom. The summed E-state index contributed by atoms with van der Waals surface area (Å²) < 4.78 is 10.1. The van der Waals surface area contributed by atoms with Gasteiger partial charge in [-0.15, -0.1) is 0 Å². The molecule has 0 unspecified atom stereocenters. The van der Waals surface area contributed by atoms with Gasteiger partial charge in [-0.25, -0.2) is 19.2 Å². The van der Waals surface area contributed by atoms with Crippen LogP contribution < -0.4 is 0 Å². The lowest BCUT2D eigenvalue weighted by atomic mass is 9.92. The maximum atomic E-state index is 12.5. The predicted molar refractivity (Wildman–Crippen MR) is 106 cm³/mol. The van der Waals surface area contributed by atoms with Crippen LogP contribution in [-0.2, 0) is 22.3 Å². The molecule has 30 heavy (non-hydrogen) atoms. The molecule has 0 aromatic heterocycles. The number of hydrogen-bond donors (Lipinski definition) is 2. The van der Waals surface area contributed by atoms with Crippen LogP contribution in [0.15, 0.2) is 36.4 Å². The van der Waals surface area contributed by atoms with Crippen molar-refractivity contribution in [1.82, 2.24) is 0 Å². The first kappa shape index (κ1) is 22.6. The maximum absolute atomic E-state index is 12.5. The minimum atomic E-state index is -1.35. The molecule has 0 heterocycles. The van der Waals surface area contributed by atoms with Crippen molar-refractivity contribution in [2.45, 2.75) is 26.7 Å². The van der Waals surface area contributed by atoms with Gasteiger partial charge in [-0.05, 0) is 49.9 Å². The van der Waals surface area contributed by atoms with Crippen molar-refractivity contribution in [3.63, 3.8) is 0 Å². The molecule has 2 rings (SSSR count). The summed E-state index contributed by atoms with van der Waals surface area (Å²) in [7, 11) is 0. The van der Waals surface area contributed by atoms with Gasteiger partial charge in [0.2, 0.25) is 0 Å². The van der Waals surface area contributed by atoms with Crippen molar-refractivity contribution in [1.29, 1.82) is 0 Å². The zero-order chi connectivity index (χ0) is 22.3. The Labute approximate surface area is 173 Å². The van der Waals surface area contributed by atoms with E-state index in [1.54, 1.807) is 26.0 Å². The van der Waals surface area contributed by atoms with Crippen LogP contribution in [0.2, 0.25) is 0 Å².